The highest BCUT2D eigenvalue weighted by Gasteiger charge is 2.40. The van der Waals surface area contributed by atoms with Crippen LogP contribution >= 0.6 is 23.4 Å². The summed E-state index contributed by atoms with van der Waals surface area (Å²) >= 11 is 7.49. The number of ether oxygens (including phenoxy) is 1. The molecule has 0 amide bonds. The van der Waals surface area contributed by atoms with Crippen molar-refractivity contribution in [2.24, 2.45) is 4.99 Å². The lowest BCUT2D eigenvalue weighted by molar-refractivity contribution is 0.152. The van der Waals surface area contributed by atoms with Gasteiger partial charge in [-0.3, -0.25) is 0 Å². The Bertz CT molecular complexity index is 643. The summed E-state index contributed by atoms with van der Waals surface area (Å²) in [7, 11) is 0. The van der Waals surface area contributed by atoms with Crippen molar-refractivity contribution >= 4 is 34.2 Å². The lowest BCUT2D eigenvalue weighted by Crippen LogP contribution is -2.49. The molecule has 0 saturated heterocycles. The summed E-state index contributed by atoms with van der Waals surface area (Å²) < 4.78 is 5.54. The van der Waals surface area contributed by atoms with Gasteiger partial charge in [-0.05, 0) is 62.9 Å². The van der Waals surface area contributed by atoms with Gasteiger partial charge in [0.25, 0.3) is 0 Å². The van der Waals surface area contributed by atoms with E-state index in [0.29, 0.717) is 16.7 Å². The Morgan fingerprint density at radius 3 is 2.64 bits per heavy atom. The number of amidine groups is 1. The first-order valence-corrected chi connectivity index (χ1v) is 9.62. The minimum Gasteiger partial charge on any atom is -0.483 e. The van der Waals surface area contributed by atoms with E-state index >= 15 is 0 Å². The second kappa shape index (κ2) is 8.79. The van der Waals surface area contributed by atoms with Crippen LogP contribution in [0.15, 0.2) is 53.6 Å². The van der Waals surface area contributed by atoms with E-state index in [0.717, 1.165) is 30.2 Å². The molecular formula is C19H26ClN3OS. The van der Waals surface area contributed by atoms with Crippen LogP contribution in [0.25, 0.3) is 0 Å². The lowest BCUT2D eigenvalue weighted by Gasteiger charge is -2.37. The van der Waals surface area contributed by atoms with Gasteiger partial charge in [0, 0.05) is 11.6 Å². The van der Waals surface area contributed by atoms with Crippen molar-refractivity contribution in [3.63, 3.8) is 0 Å². The third kappa shape index (κ3) is 5.03. The highest BCUT2D eigenvalue weighted by Crippen LogP contribution is 2.37. The van der Waals surface area contributed by atoms with Gasteiger partial charge in [0.1, 0.15) is 12.3 Å². The largest absolute Gasteiger partial charge is 0.483 e. The van der Waals surface area contributed by atoms with Gasteiger partial charge in [-0.2, -0.15) is 5.01 Å². The van der Waals surface area contributed by atoms with Crippen LogP contribution in [0.4, 0.5) is 5.69 Å². The Balaban J connectivity index is 2.31. The molecule has 0 N–H and O–H groups in total. The number of aliphatic imine (C=N–C) groups is 1. The average molecular weight is 380 g/mol. The van der Waals surface area contributed by atoms with Gasteiger partial charge < -0.3 is 4.74 Å². The van der Waals surface area contributed by atoms with Gasteiger partial charge in [-0.15, -0.1) is 0 Å². The first-order chi connectivity index (χ1) is 11.9. The maximum Gasteiger partial charge on any atom is 0.188 e. The zero-order chi connectivity index (χ0) is 18.4. The molecule has 0 atom stereocenters. The number of thioether (sulfide) groups is 1. The van der Waals surface area contributed by atoms with E-state index in [9.17, 15) is 0 Å². The molecule has 0 bridgehead atoms. The predicted octanol–water partition coefficient (Wildman–Crippen LogP) is 5.68. The highest BCUT2D eigenvalue weighted by atomic mass is 35.5. The van der Waals surface area contributed by atoms with E-state index in [1.807, 2.05) is 24.3 Å². The Labute approximate surface area is 160 Å². The molecule has 0 aromatic heterocycles. The van der Waals surface area contributed by atoms with Crippen LogP contribution in [0.1, 0.15) is 33.6 Å². The molecule has 0 saturated carbocycles. The molecule has 0 unspecified atom stereocenters. The number of unbranched alkanes of at least 4 members (excludes halogenated alkanes) is 1. The molecule has 2 rings (SSSR count). The van der Waals surface area contributed by atoms with Gasteiger partial charge in [-0.25, -0.2) is 10.0 Å². The van der Waals surface area contributed by atoms with E-state index in [4.69, 9.17) is 21.3 Å². The maximum atomic E-state index is 6.06. The first kappa shape index (κ1) is 19.9. The Kier molecular flexibility index (Phi) is 6.99. The minimum atomic E-state index is -0.337. The van der Waals surface area contributed by atoms with E-state index < -0.39 is 0 Å². The quantitative estimate of drug-likeness (QED) is 0.429. The predicted molar refractivity (Wildman–Crippen MR) is 110 cm³/mol. The van der Waals surface area contributed by atoms with Crippen LogP contribution in [0.5, 0.6) is 0 Å². The van der Waals surface area contributed by atoms with Crippen molar-refractivity contribution in [1.29, 1.82) is 0 Å². The number of hydrazine groups is 1. The molecule has 25 heavy (non-hydrogen) atoms. The lowest BCUT2D eigenvalue weighted by atomic mass is 10.2. The van der Waals surface area contributed by atoms with Gasteiger partial charge in [-0.1, -0.05) is 37.6 Å². The molecular weight excluding hydrogens is 354 g/mol. The minimum absolute atomic E-state index is 0.337. The molecule has 136 valence electrons. The number of anilines is 1. The number of halogens is 1. The van der Waals surface area contributed by atoms with Crippen LogP contribution in [0.3, 0.4) is 0 Å². The fourth-order valence-corrected chi connectivity index (χ4v) is 3.57. The van der Waals surface area contributed by atoms with Crippen LogP contribution in [0.2, 0.25) is 5.02 Å². The van der Waals surface area contributed by atoms with Gasteiger partial charge in [0.15, 0.2) is 10.3 Å². The number of nitrogens with zero attached hydrogens (tertiary/aromatic N) is 3. The average Bonchev–Trinajstić information content (AvgIpc) is 2.81. The van der Waals surface area contributed by atoms with Gasteiger partial charge in [0.05, 0.1) is 5.69 Å². The smallest absolute Gasteiger partial charge is 0.188 e. The van der Waals surface area contributed by atoms with E-state index in [2.05, 4.69) is 43.9 Å². The zero-order valence-electron chi connectivity index (χ0n) is 15.2. The third-order valence-electron chi connectivity index (χ3n) is 3.79. The number of hydrogen-bond acceptors (Lipinski definition) is 5. The number of hydrogen-bond donors (Lipinski definition) is 0. The monoisotopic (exact) mass is 379 g/mol. The topological polar surface area (TPSA) is 28.1 Å². The van der Waals surface area contributed by atoms with Gasteiger partial charge in [0.2, 0.25) is 0 Å². The summed E-state index contributed by atoms with van der Waals surface area (Å²) in [6.45, 7) is 15.4. The van der Waals surface area contributed by atoms with Crippen molar-refractivity contribution in [3.8, 4) is 0 Å². The second-order valence-corrected chi connectivity index (χ2v) is 7.69. The van der Waals surface area contributed by atoms with Crippen LogP contribution < -0.4 is 5.01 Å². The molecule has 1 heterocycles. The second-order valence-electron chi connectivity index (χ2n) is 6.23. The van der Waals surface area contributed by atoms with Crippen molar-refractivity contribution in [3.05, 3.63) is 53.6 Å². The molecule has 0 spiro atoms. The summed E-state index contributed by atoms with van der Waals surface area (Å²) in [4.78, 5) is 4.91. The standard InChI is InChI=1S/C19H26ClN3OS/c1-6-8-13-22-19(4,5)21-18(25-15(3)24-14-7-2)23(22)17-11-9-16(20)10-12-17/h7,9-12H,2-3,6,8,13-14H2,1,4-5H3. The number of benzene rings is 1. The molecule has 0 radical (unpaired) electrons. The Morgan fingerprint density at radius 1 is 1.36 bits per heavy atom. The molecule has 1 aliphatic rings. The summed E-state index contributed by atoms with van der Waals surface area (Å²) in [6.07, 6.45) is 3.92. The fraction of sp³-hybridized carbons (Fsp3) is 0.421. The molecule has 1 aliphatic heterocycles. The molecule has 1 aromatic carbocycles. The first-order valence-electron chi connectivity index (χ1n) is 8.42. The van der Waals surface area contributed by atoms with E-state index in [1.54, 1.807) is 6.08 Å². The molecule has 0 fully saturated rings. The normalized spacial score (nSPS) is 16.6. The molecule has 4 nitrogen and oxygen atoms in total. The fourth-order valence-electron chi connectivity index (χ4n) is 2.55. The summed E-state index contributed by atoms with van der Waals surface area (Å²) in [5, 5.41) is 6.58. The molecule has 6 heteroatoms. The van der Waals surface area contributed by atoms with Crippen molar-refractivity contribution in [2.75, 3.05) is 18.2 Å². The van der Waals surface area contributed by atoms with E-state index in [1.165, 1.54) is 11.8 Å². The van der Waals surface area contributed by atoms with Crippen molar-refractivity contribution < 1.29 is 4.74 Å². The van der Waals surface area contributed by atoms with Gasteiger partial charge >= 0.3 is 0 Å². The van der Waals surface area contributed by atoms with Crippen LogP contribution in [-0.4, -0.2) is 29.0 Å². The maximum absolute atomic E-state index is 6.06. The summed E-state index contributed by atoms with van der Waals surface area (Å²) in [5.41, 5.74) is 0.685. The Morgan fingerprint density at radius 2 is 2.04 bits per heavy atom. The highest BCUT2D eigenvalue weighted by molar-refractivity contribution is 8.17. The molecule has 1 aromatic rings. The van der Waals surface area contributed by atoms with Crippen molar-refractivity contribution in [1.82, 2.24) is 5.01 Å². The number of rotatable bonds is 8. The zero-order valence-corrected chi connectivity index (χ0v) is 16.7. The van der Waals surface area contributed by atoms with Crippen molar-refractivity contribution in [2.45, 2.75) is 39.3 Å². The third-order valence-corrected chi connectivity index (χ3v) is 4.83. The SMILES string of the molecule is C=CCOC(=C)SC1=NC(C)(C)N(CCCC)N1c1ccc(Cl)cc1. The van der Waals surface area contributed by atoms with Crippen LogP contribution in [-0.2, 0) is 4.74 Å². The summed E-state index contributed by atoms with van der Waals surface area (Å²) in [5.74, 6) is 0. The van der Waals surface area contributed by atoms with Crippen LogP contribution in [0, 0.1) is 0 Å². The Hall–Kier alpha value is -1.43. The van der Waals surface area contributed by atoms with E-state index in [-0.39, 0.29) is 5.66 Å². The summed E-state index contributed by atoms with van der Waals surface area (Å²) in [6, 6.07) is 7.80. The molecule has 0 aliphatic carbocycles.